The molecule has 0 aromatic heterocycles. The average Bonchev–Trinajstić information content (AvgIpc) is 2.76. The number of benzene rings is 3. The summed E-state index contributed by atoms with van der Waals surface area (Å²) in [5.74, 6) is -2.58. The zero-order valence-corrected chi connectivity index (χ0v) is 17.8. The standard InChI is InChI=1S/C22H15F4N3O4S/c23-19-7-6-17(11-18(19)22(24,25)26)33-20-8-5-16(10-14(20)12-27)29(34(31)32)15-3-1-13(2-4-15)9-21(28)30/h1-8,10-11H,9H2,(H2,28,30)(H,31,32)/p-1. The summed E-state index contributed by atoms with van der Waals surface area (Å²) in [5.41, 5.74) is 4.20. The summed E-state index contributed by atoms with van der Waals surface area (Å²) in [5, 5.41) is 9.47. The third-order valence-corrected chi connectivity index (χ3v) is 5.21. The number of nitrogens with two attached hydrogens (primary N) is 1. The fraction of sp³-hybridized carbons (Fsp3) is 0.0909. The Hall–Kier alpha value is -3.95. The molecule has 3 rings (SSSR count). The summed E-state index contributed by atoms with van der Waals surface area (Å²) in [7, 11) is 0. The number of primary amides is 1. The number of ether oxygens (including phenoxy) is 1. The van der Waals surface area contributed by atoms with Crippen LogP contribution in [0.4, 0.5) is 28.9 Å². The van der Waals surface area contributed by atoms with Crippen LogP contribution in [0.3, 0.4) is 0 Å². The SMILES string of the molecule is N#Cc1cc(N(c2ccc(CC(N)=O)cc2)S(=O)[O-])ccc1Oc1ccc(F)c(C(F)(F)F)c1. The van der Waals surface area contributed by atoms with Crippen molar-refractivity contribution in [2.45, 2.75) is 12.6 Å². The van der Waals surface area contributed by atoms with Gasteiger partial charge in [0.15, 0.2) is 0 Å². The molecule has 0 aliphatic carbocycles. The van der Waals surface area contributed by atoms with E-state index in [4.69, 9.17) is 10.5 Å². The third kappa shape index (κ3) is 5.69. The number of alkyl halides is 3. The van der Waals surface area contributed by atoms with Crippen molar-refractivity contribution < 1.29 is 35.9 Å². The molecule has 1 amide bonds. The van der Waals surface area contributed by atoms with Gasteiger partial charge in [0.05, 0.1) is 40.2 Å². The number of nitrogens with zero attached hydrogens (tertiary/aromatic N) is 2. The van der Waals surface area contributed by atoms with Crippen LogP contribution in [0.25, 0.3) is 0 Å². The Kier molecular flexibility index (Phi) is 7.19. The van der Waals surface area contributed by atoms with Crippen molar-refractivity contribution in [3.63, 3.8) is 0 Å². The molecule has 3 aromatic rings. The Labute approximate surface area is 193 Å². The first kappa shape index (κ1) is 24.7. The van der Waals surface area contributed by atoms with Gasteiger partial charge in [-0.05, 0) is 54.1 Å². The van der Waals surface area contributed by atoms with Crippen LogP contribution in [0, 0.1) is 17.1 Å². The minimum absolute atomic E-state index is 0.0369. The second-order valence-electron chi connectivity index (χ2n) is 6.85. The van der Waals surface area contributed by atoms with Gasteiger partial charge < -0.3 is 15.0 Å². The van der Waals surface area contributed by atoms with Gasteiger partial charge >= 0.3 is 6.18 Å². The monoisotopic (exact) mass is 492 g/mol. The van der Waals surface area contributed by atoms with Crippen molar-refractivity contribution in [2.24, 2.45) is 5.73 Å². The normalized spacial score (nSPS) is 12.0. The molecule has 0 heterocycles. The number of amides is 1. The van der Waals surface area contributed by atoms with Crippen LogP contribution in [0.2, 0.25) is 0 Å². The number of carbonyl (C=O) groups is 1. The van der Waals surface area contributed by atoms with Gasteiger partial charge in [-0.1, -0.05) is 12.1 Å². The molecule has 3 aromatic carbocycles. The molecule has 12 heteroatoms. The van der Waals surface area contributed by atoms with Crippen LogP contribution in [0.5, 0.6) is 11.5 Å². The first-order chi connectivity index (χ1) is 16.0. The highest BCUT2D eigenvalue weighted by molar-refractivity contribution is 7.81. The molecule has 2 N–H and O–H groups in total. The van der Waals surface area contributed by atoms with E-state index in [1.165, 1.54) is 36.4 Å². The number of rotatable bonds is 7. The summed E-state index contributed by atoms with van der Waals surface area (Å²) in [6.07, 6.45) is -4.98. The number of nitriles is 1. The highest BCUT2D eigenvalue weighted by atomic mass is 32.2. The van der Waals surface area contributed by atoms with Crippen LogP contribution >= 0.6 is 0 Å². The van der Waals surface area contributed by atoms with E-state index < -0.39 is 34.7 Å². The molecule has 0 aliphatic rings. The van der Waals surface area contributed by atoms with Gasteiger partial charge in [-0.3, -0.25) is 13.3 Å². The molecule has 0 aliphatic heterocycles. The zero-order chi connectivity index (χ0) is 25.0. The fourth-order valence-electron chi connectivity index (χ4n) is 3.00. The summed E-state index contributed by atoms with van der Waals surface area (Å²) in [4.78, 5) is 11.0. The predicted octanol–water partition coefficient (Wildman–Crippen LogP) is 4.47. The lowest BCUT2D eigenvalue weighted by Crippen LogP contribution is -2.20. The first-order valence-corrected chi connectivity index (χ1v) is 10.4. The van der Waals surface area contributed by atoms with E-state index in [1.807, 2.05) is 0 Å². The number of hydrogen-bond donors (Lipinski definition) is 1. The van der Waals surface area contributed by atoms with Gasteiger partial charge in [0.2, 0.25) is 5.91 Å². The largest absolute Gasteiger partial charge is 0.755 e. The van der Waals surface area contributed by atoms with Crippen LogP contribution in [-0.4, -0.2) is 14.7 Å². The molecule has 0 radical (unpaired) electrons. The molecule has 0 spiro atoms. The molecular weight excluding hydrogens is 478 g/mol. The molecule has 0 bridgehead atoms. The highest BCUT2D eigenvalue weighted by Crippen LogP contribution is 2.37. The van der Waals surface area contributed by atoms with Gasteiger partial charge in [-0.15, -0.1) is 0 Å². The van der Waals surface area contributed by atoms with E-state index in [1.54, 1.807) is 6.07 Å². The van der Waals surface area contributed by atoms with Crippen LogP contribution in [0.15, 0.2) is 60.7 Å². The smallest absolute Gasteiger partial charge is 0.419 e. The van der Waals surface area contributed by atoms with Crippen molar-refractivity contribution in [2.75, 3.05) is 4.31 Å². The van der Waals surface area contributed by atoms with E-state index in [0.717, 1.165) is 16.4 Å². The van der Waals surface area contributed by atoms with Crippen molar-refractivity contribution in [3.05, 3.63) is 83.2 Å². The lowest BCUT2D eigenvalue weighted by Gasteiger charge is -2.27. The van der Waals surface area contributed by atoms with Gasteiger partial charge in [0.25, 0.3) is 0 Å². The Balaban J connectivity index is 1.94. The molecule has 1 unspecified atom stereocenters. The first-order valence-electron chi connectivity index (χ1n) is 9.35. The van der Waals surface area contributed by atoms with Gasteiger partial charge in [-0.2, -0.15) is 18.4 Å². The van der Waals surface area contributed by atoms with Gasteiger partial charge in [0, 0.05) is 0 Å². The predicted molar refractivity (Wildman–Crippen MR) is 113 cm³/mol. The average molecular weight is 492 g/mol. The molecule has 0 saturated carbocycles. The maximum Gasteiger partial charge on any atom is 0.419 e. The molecule has 7 nitrogen and oxygen atoms in total. The molecule has 34 heavy (non-hydrogen) atoms. The van der Waals surface area contributed by atoms with Crippen LogP contribution < -0.4 is 14.8 Å². The summed E-state index contributed by atoms with van der Waals surface area (Å²) >= 11 is -2.82. The topological polar surface area (TPSA) is 119 Å². The molecule has 0 saturated heterocycles. The third-order valence-electron chi connectivity index (χ3n) is 4.49. The number of carbonyl (C=O) groups excluding carboxylic acids is 1. The van der Waals surface area contributed by atoms with E-state index in [0.29, 0.717) is 17.7 Å². The molecular formula is C22H14F4N3O4S-. The quantitative estimate of drug-likeness (QED) is 0.386. The van der Waals surface area contributed by atoms with E-state index >= 15 is 0 Å². The molecule has 176 valence electrons. The van der Waals surface area contributed by atoms with Gasteiger partial charge in [0.1, 0.15) is 23.4 Å². The molecule has 1 atom stereocenters. The number of hydrogen-bond acceptors (Lipinski definition) is 5. The minimum Gasteiger partial charge on any atom is -0.755 e. The summed E-state index contributed by atoms with van der Waals surface area (Å²) in [6.45, 7) is 0. The Morgan fingerprint density at radius 1 is 1.09 bits per heavy atom. The Morgan fingerprint density at radius 2 is 1.74 bits per heavy atom. The minimum atomic E-state index is -4.95. The maximum absolute atomic E-state index is 13.5. The fourth-order valence-corrected chi connectivity index (χ4v) is 3.58. The van der Waals surface area contributed by atoms with Gasteiger partial charge in [-0.25, -0.2) is 4.39 Å². The van der Waals surface area contributed by atoms with E-state index in [-0.39, 0.29) is 34.9 Å². The lowest BCUT2D eigenvalue weighted by molar-refractivity contribution is -0.140. The van der Waals surface area contributed by atoms with Crippen molar-refractivity contribution in [1.82, 2.24) is 0 Å². The van der Waals surface area contributed by atoms with Crippen LogP contribution in [0.1, 0.15) is 16.7 Å². The zero-order valence-electron chi connectivity index (χ0n) is 17.0. The Bertz CT molecular complexity index is 1290. The second-order valence-corrected chi connectivity index (χ2v) is 7.65. The van der Waals surface area contributed by atoms with E-state index in [2.05, 4.69) is 0 Å². The Morgan fingerprint density at radius 3 is 2.29 bits per heavy atom. The van der Waals surface area contributed by atoms with Crippen molar-refractivity contribution in [3.8, 4) is 17.6 Å². The van der Waals surface area contributed by atoms with Crippen molar-refractivity contribution >= 4 is 28.5 Å². The second kappa shape index (κ2) is 9.90. The summed E-state index contributed by atoms with van der Waals surface area (Å²) < 4.78 is 82.3. The summed E-state index contributed by atoms with van der Waals surface area (Å²) in [6, 6.07) is 13.3. The van der Waals surface area contributed by atoms with E-state index in [9.17, 15) is 36.4 Å². The lowest BCUT2D eigenvalue weighted by atomic mass is 10.1. The molecule has 0 fully saturated rings. The number of anilines is 2. The van der Waals surface area contributed by atoms with Crippen molar-refractivity contribution in [1.29, 1.82) is 5.26 Å². The number of halogens is 4. The maximum atomic E-state index is 13.5. The highest BCUT2D eigenvalue weighted by Gasteiger charge is 2.34. The van der Waals surface area contributed by atoms with Crippen LogP contribution in [-0.2, 0) is 28.7 Å².